The number of esters is 1. The van der Waals surface area contributed by atoms with Gasteiger partial charge >= 0.3 is 29.8 Å². The zero-order valence-corrected chi connectivity index (χ0v) is 26.4. The predicted molar refractivity (Wildman–Crippen MR) is 169 cm³/mol. The third-order valence-electron chi connectivity index (χ3n) is 5.97. The van der Waals surface area contributed by atoms with Crippen LogP contribution in [0.3, 0.4) is 0 Å². The highest BCUT2D eigenvalue weighted by Crippen LogP contribution is 2.36. The van der Waals surface area contributed by atoms with E-state index in [-0.39, 0.29) is 5.97 Å². The lowest BCUT2D eigenvalue weighted by atomic mass is 10.1. The third-order valence-corrected chi connectivity index (χ3v) is 7.14. The Balaban J connectivity index is 0.000000522. The van der Waals surface area contributed by atoms with Gasteiger partial charge in [-0.15, -0.1) is 11.3 Å². The van der Waals surface area contributed by atoms with Crippen molar-refractivity contribution in [1.82, 2.24) is 14.9 Å². The summed E-state index contributed by atoms with van der Waals surface area (Å²) in [5, 5.41) is 30.5. The van der Waals surface area contributed by atoms with Crippen molar-refractivity contribution in [3.63, 3.8) is 0 Å². The lowest BCUT2D eigenvalue weighted by Gasteiger charge is -2.22. The number of hydrogen-bond donors (Lipinski definition) is 4. The van der Waals surface area contributed by atoms with E-state index in [9.17, 15) is 4.79 Å². The average Bonchev–Trinajstić information content (AvgIpc) is 3.34. The van der Waals surface area contributed by atoms with E-state index < -0.39 is 23.9 Å². The van der Waals surface area contributed by atoms with Crippen molar-refractivity contribution in [3.8, 4) is 0 Å². The van der Waals surface area contributed by atoms with Crippen molar-refractivity contribution in [2.45, 2.75) is 33.5 Å². The Hall–Kier alpha value is -5.41. The zero-order chi connectivity index (χ0) is 34.4. The largest absolute Gasteiger partial charge is 0.473 e. The fourth-order valence-corrected chi connectivity index (χ4v) is 5.11. The van der Waals surface area contributed by atoms with Crippen LogP contribution in [0.25, 0.3) is 10.2 Å². The first-order valence-corrected chi connectivity index (χ1v) is 14.4. The highest BCUT2D eigenvalue weighted by atomic mass is 32.1. The summed E-state index contributed by atoms with van der Waals surface area (Å²) in [4.78, 5) is 64.6. The Morgan fingerprint density at radius 1 is 0.739 bits per heavy atom. The van der Waals surface area contributed by atoms with Gasteiger partial charge in [0.15, 0.2) is 0 Å². The molecule has 0 saturated heterocycles. The lowest BCUT2D eigenvalue weighted by Crippen LogP contribution is -2.22. The SMILES string of the molecule is CCOC(=O)c1sc2nc(CN(C)Cc3ccccc3)nc(N(C)Cc3ccccc3)c2c1C.O=C(O)C(=O)O.O=C(O)C(=O)O. The van der Waals surface area contributed by atoms with Gasteiger partial charge in [0.05, 0.1) is 18.5 Å². The minimum Gasteiger partial charge on any atom is -0.473 e. The molecule has 0 aliphatic rings. The number of carbonyl (C=O) groups excluding carboxylic acids is 1. The smallest absolute Gasteiger partial charge is 0.414 e. The molecule has 14 nitrogen and oxygen atoms in total. The van der Waals surface area contributed by atoms with E-state index in [1.54, 1.807) is 0 Å². The van der Waals surface area contributed by atoms with Crippen molar-refractivity contribution in [2.24, 2.45) is 0 Å². The van der Waals surface area contributed by atoms with Crippen LogP contribution in [-0.4, -0.2) is 85.8 Å². The Labute approximate surface area is 268 Å². The van der Waals surface area contributed by atoms with Crippen molar-refractivity contribution in [2.75, 3.05) is 25.6 Å². The molecule has 4 aromatic rings. The van der Waals surface area contributed by atoms with Gasteiger partial charge in [-0.1, -0.05) is 60.7 Å². The molecule has 0 aliphatic carbocycles. The first-order chi connectivity index (χ1) is 21.7. The van der Waals surface area contributed by atoms with Crippen LogP contribution in [0.2, 0.25) is 0 Å². The summed E-state index contributed by atoms with van der Waals surface area (Å²) >= 11 is 1.38. The number of thiophene rings is 1. The molecule has 2 aromatic heterocycles. The molecule has 2 heterocycles. The number of anilines is 1. The van der Waals surface area contributed by atoms with Crippen LogP contribution in [-0.2, 0) is 43.5 Å². The van der Waals surface area contributed by atoms with Gasteiger partial charge in [0.2, 0.25) is 0 Å². The molecule has 244 valence electrons. The Kier molecular flexibility index (Phi) is 14.2. The monoisotopic (exact) mass is 654 g/mol. The van der Waals surface area contributed by atoms with Crippen LogP contribution in [0.4, 0.5) is 5.82 Å². The van der Waals surface area contributed by atoms with Crippen molar-refractivity contribution >= 4 is 57.2 Å². The molecule has 15 heteroatoms. The summed E-state index contributed by atoms with van der Waals surface area (Å²) in [7, 11) is 4.10. The standard InChI is InChI=1S/C27H30N4O2S.2C2H2O4/c1-5-33-27(32)24-19(2)23-25(31(4)17-21-14-10-7-11-15-21)28-22(29-26(23)34-24)18-30(3)16-20-12-8-6-9-13-20;2*3-1(4)2(5)6/h6-15H,5,16-18H2,1-4H3;2*(H,3,4)(H,5,6). The minimum absolute atomic E-state index is 0.303. The summed E-state index contributed by atoms with van der Waals surface area (Å²) in [5.74, 6) is -6.03. The number of aromatic nitrogens is 2. The summed E-state index contributed by atoms with van der Waals surface area (Å²) in [6, 6.07) is 20.7. The Bertz CT molecular complexity index is 1610. The number of ether oxygens (including phenoxy) is 1. The first-order valence-electron chi connectivity index (χ1n) is 13.6. The fraction of sp³-hybridized carbons (Fsp3) is 0.258. The van der Waals surface area contributed by atoms with Gasteiger partial charge in [0.1, 0.15) is 21.3 Å². The molecule has 0 bridgehead atoms. The van der Waals surface area contributed by atoms with Crippen molar-refractivity contribution in [1.29, 1.82) is 0 Å². The third kappa shape index (κ3) is 11.3. The molecule has 0 radical (unpaired) electrons. The van der Waals surface area contributed by atoms with Crippen LogP contribution in [0, 0.1) is 6.92 Å². The molecule has 2 aromatic carbocycles. The number of nitrogens with zero attached hydrogens (tertiary/aromatic N) is 4. The minimum atomic E-state index is -1.82. The quantitative estimate of drug-likeness (QED) is 0.150. The van der Waals surface area contributed by atoms with Crippen LogP contribution in [0.1, 0.15) is 39.1 Å². The van der Waals surface area contributed by atoms with Crippen LogP contribution in [0.15, 0.2) is 60.7 Å². The predicted octanol–water partition coefficient (Wildman–Crippen LogP) is 3.76. The van der Waals surface area contributed by atoms with Gasteiger partial charge in [-0.3, -0.25) is 4.90 Å². The topological polar surface area (TPSA) is 208 Å². The molecule has 4 rings (SSSR count). The number of carboxylic acids is 4. The molecule has 0 saturated carbocycles. The maximum Gasteiger partial charge on any atom is 0.414 e. The van der Waals surface area contributed by atoms with Gasteiger partial charge in [-0.05, 0) is 37.6 Å². The Morgan fingerprint density at radius 3 is 1.67 bits per heavy atom. The zero-order valence-electron chi connectivity index (χ0n) is 25.5. The van der Waals surface area contributed by atoms with E-state index in [1.165, 1.54) is 22.5 Å². The highest BCUT2D eigenvalue weighted by Gasteiger charge is 2.23. The maximum atomic E-state index is 12.6. The van der Waals surface area contributed by atoms with Gasteiger partial charge in [-0.2, -0.15) is 0 Å². The lowest BCUT2D eigenvalue weighted by molar-refractivity contribution is -0.159. The number of carbonyl (C=O) groups is 5. The molecule has 0 amide bonds. The second-order valence-corrected chi connectivity index (χ2v) is 10.6. The highest BCUT2D eigenvalue weighted by molar-refractivity contribution is 7.20. The molecular weight excluding hydrogens is 620 g/mol. The molecule has 0 aliphatic heterocycles. The van der Waals surface area contributed by atoms with E-state index in [0.29, 0.717) is 24.6 Å². The van der Waals surface area contributed by atoms with Crippen LogP contribution < -0.4 is 4.90 Å². The van der Waals surface area contributed by atoms with E-state index in [1.807, 2.05) is 57.3 Å². The molecule has 4 N–H and O–H groups in total. The van der Waals surface area contributed by atoms with E-state index in [2.05, 4.69) is 41.1 Å². The summed E-state index contributed by atoms with van der Waals surface area (Å²) < 4.78 is 5.30. The second-order valence-electron chi connectivity index (χ2n) is 9.64. The number of aliphatic carboxylic acids is 4. The summed E-state index contributed by atoms with van der Waals surface area (Å²) in [5.41, 5.74) is 3.31. The van der Waals surface area contributed by atoms with Gasteiger partial charge in [0.25, 0.3) is 0 Å². The van der Waals surface area contributed by atoms with Crippen molar-refractivity contribution < 1.29 is 49.1 Å². The molecule has 46 heavy (non-hydrogen) atoms. The molecule has 0 fully saturated rings. The van der Waals surface area contributed by atoms with Crippen LogP contribution >= 0.6 is 11.3 Å². The number of benzene rings is 2. The number of hydrogen-bond acceptors (Lipinski definition) is 11. The molecular formula is C31H34N4O10S. The molecule has 0 spiro atoms. The fourth-order valence-electron chi connectivity index (χ4n) is 4.02. The number of aryl methyl sites for hydroxylation is 1. The van der Waals surface area contributed by atoms with E-state index in [4.69, 9.17) is 54.3 Å². The van der Waals surface area contributed by atoms with Gasteiger partial charge in [0, 0.05) is 20.1 Å². The normalized spacial score (nSPS) is 10.2. The summed E-state index contributed by atoms with van der Waals surface area (Å²) in [6.07, 6.45) is 0. The van der Waals surface area contributed by atoms with Gasteiger partial charge in [-0.25, -0.2) is 33.9 Å². The second kappa shape index (κ2) is 17.8. The first kappa shape index (κ1) is 36.8. The Morgan fingerprint density at radius 2 is 1.22 bits per heavy atom. The number of carboxylic acid groups (broad SMARTS) is 4. The maximum absolute atomic E-state index is 12.6. The molecule has 0 atom stereocenters. The molecule has 0 unspecified atom stereocenters. The van der Waals surface area contributed by atoms with E-state index in [0.717, 1.165) is 34.0 Å². The summed E-state index contributed by atoms with van der Waals surface area (Å²) in [6.45, 7) is 6.22. The number of rotatable bonds is 9. The average molecular weight is 655 g/mol. The van der Waals surface area contributed by atoms with Crippen molar-refractivity contribution in [3.05, 3.63) is 88.1 Å². The van der Waals surface area contributed by atoms with E-state index >= 15 is 0 Å². The number of fused-ring (bicyclic) bond motifs is 1. The van der Waals surface area contributed by atoms with Crippen LogP contribution in [0.5, 0.6) is 0 Å². The van der Waals surface area contributed by atoms with Gasteiger partial charge < -0.3 is 30.1 Å².